The maximum absolute atomic E-state index is 11.7. The van der Waals surface area contributed by atoms with Crippen molar-refractivity contribution in [3.05, 3.63) is 0 Å². The average molecular weight is 202 g/mol. The van der Waals surface area contributed by atoms with E-state index in [1.165, 1.54) is 0 Å². The molecule has 0 aromatic carbocycles. The first-order chi connectivity index (χ1) is 6.29. The lowest BCUT2D eigenvalue weighted by Gasteiger charge is -2.31. The molecule has 1 atom stereocenters. The van der Waals surface area contributed by atoms with Crippen molar-refractivity contribution in [2.75, 3.05) is 32.1 Å². The topological polar surface area (TPSA) is 32.3 Å². The molecule has 1 unspecified atom stereocenters. The predicted octanol–water partition coefficient (Wildman–Crippen LogP) is 0.560. The number of piperidine rings is 1. The standard InChI is InChI=1S/C9H18N2OS/c1-10-8-4-3-5-11(9(8)12)6-7-13-2/h8,10H,3-7H2,1-2H3. The van der Waals surface area contributed by atoms with Crippen LogP contribution in [0.2, 0.25) is 0 Å². The van der Waals surface area contributed by atoms with Crippen molar-refractivity contribution in [1.29, 1.82) is 0 Å². The fourth-order valence-electron chi connectivity index (χ4n) is 1.63. The van der Waals surface area contributed by atoms with Crippen molar-refractivity contribution in [2.45, 2.75) is 18.9 Å². The van der Waals surface area contributed by atoms with Gasteiger partial charge in [0.25, 0.3) is 0 Å². The minimum atomic E-state index is 0.0654. The van der Waals surface area contributed by atoms with Gasteiger partial charge in [-0.05, 0) is 26.1 Å². The summed E-state index contributed by atoms with van der Waals surface area (Å²) in [5.41, 5.74) is 0. The van der Waals surface area contributed by atoms with E-state index < -0.39 is 0 Å². The second-order valence-corrected chi connectivity index (χ2v) is 4.29. The zero-order valence-electron chi connectivity index (χ0n) is 8.38. The fraction of sp³-hybridized carbons (Fsp3) is 0.889. The van der Waals surface area contributed by atoms with Crippen LogP contribution in [-0.2, 0) is 4.79 Å². The van der Waals surface area contributed by atoms with Crippen LogP contribution in [0.3, 0.4) is 0 Å². The van der Waals surface area contributed by atoms with Gasteiger partial charge in [-0.3, -0.25) is 4.79 Å². The summed E-state index contributed by atoms with van der Waals surface area (Å²) in [6.45, 7) is 1.84. The highest BCUT2D eigenvalue weighted by Gasteiger charge is 2.26. The van der Waals surface area contributed by atoms with Gasteiger partial charge in [-0.2, -0.15) is 11.8 Å². The molecule has 4 heteroatoms. The van der Waals surface area contributed by atoms with Crippen LogP contribution in [0.25, 0.3) is 0 Å². The molecule has 0 saturated carbocycles. The second-order valence-electron chi connectivity index (χ2n) is 3.30. The molecule has 1 amide bonds. The Labute approximate surface area is 84.2 Å². The maximum Gasteiger partial charge on any atom is 0.239 e. The summed E-state index contributed by atoms with van der Waals surface area (Å²) in [7, 11) is 1.86. The van der Waals surface area contributed by atoms with Gasteiger partial charge in [0.1, 0.15) is 0 Å². The third kappa shape index (κ3) is 2.88. The molecule has 1 aliphatic rings. The Bertz CT molecular complexity index is 175. The van der Waals surface area contributed by atoms with Crippen LogP contribution in [0.15, 0.2) is 0 Å². The summed E-state index contributed by atoms with van der Waals surface area (Å²) in [5.74, 6) is 1.32. The molecule has 1 aliphatic heterocycles. The second kappa shape index (κ2) is 5.50. The number of likely N-dealkylation sites (N-methyl/N-ethyl adjacent to an activating group) is 1. The monoisotopic (exact) mass is 202 g/mol. The molecular formula is C9H18N2OS. The van der Waals surface area contributed by atoms with E-state index in [2.05, 4.69) is 11.6 Å². The number of rotatable bonds is 4. The van der Waals surface area contributed by atoms with Crippen molar-refractivity contribution < 1.29 is 4.79 Å². The Kier molecular flexibility index (Phi) is 4.59. The molecule has 0 aliphatic carbocycles. The average Bonchev–Trinajstić information content (AvgIpc) is 2.16. The van der Waals surface area contributed by atoms with Crippen LogP contribution in [0, 0.1) is 0 Å². The third-order valence-corrected chi connectivity index (χ3v) is 3.04. The van der Waals surface area contributed by atoms with Crippen molar-refractivity contribution >= 4 is 17.7 Å². The molecule has 13 heavy (non-hydrogen) atoms. The Hall–Kier alpha value is -0.220. The minimum Gasteiger partial charge on any atom is -0.341 e. The highest BCUT2D eigenvalue weighted by molar-refractivity contribution is 7.98. The van der Waals surface area contributed by atoms with E-state index in [-0.39, 0.29) is 11.9 Å². The number of hydrogen-bond donors (Lipinski definition) is 1. The van der Waals surface area contributed by atoms with E-state index in [9.17, 15) is 4.79 Å². The molecule has 0 aromatic rings. The highest BCUT2D eigenvalue weighted by atomic mass is 32.2. The number of thioether (sulfide) groups is 1. The molecule has 1 fully saturated rings. The van der Waals surface area contributed by atoms with Crippen molar-refractivity contribution in [1.82, 2.24) is 10.2 Å². The van der Waals surface area contributed by atoms with Gasteiger partial charge in [0.2, 0.25) is 5.91 Å². The van der Waals surface area contributed by atoms with Gasteiger partial charge in [-0.15, -0.1) is 0 Å². The summed E-state index contributed by atoms with van der Waals surface area (Å²) in [6, 6.07) is 0.0654. The number of nitrogens with one attached hydrogen (secondary N) is 1. The van der Waals surface area contributed by atoms with Gasteiger partial charge >= 0.3 is 0 Å². The number of hydrogen-bond acceptors (Lipinski definition) is 3. The van der Waals surface area contributed by atoms with Gasteiger partial charge < -0.3 is 10.2 Å². The summed E-state index contributed by atoms with van der Waals surface area (Å²) in [6.07, 6.45) is 4.20. The largest absolute Gasteiger partial charge is 0.341 e. The van der Waals surface area contributed by atoms with Crippen molar-refractivity contribution in [3.63, 3.8) is 0 Å². The van der Waals surface area contributed by atoms with Gasteiger partial charge in [-0.1, -0.05) is 0 Å². The zero-order valence-corrected chi connectivity index (χ0v) is 9.19. The molecule has 76 valence electrons. The van der Waals surface area contributed by atoms with E-state index in [1.807, 2.05) is 11.9 Å². The number of likely N-dealkylation sites (tertiary alicyclic amines) is 1. The lowest BCUT2D eigenvalue weighted by Crippen LogP contribution is -2.50. The van der Waals surface area contributed by atoms with E-state index >= 15 is 0 Å². The SMILES string of the molecule is CNC1CCCN(CCSC)C1=O. The third-order valence-electron chi connectivity index (χ3n) is 2.44. The minimum absolute atomic E-state index is 0.0654. The molecule has 1 N–H and O–H groups in total. The molecule has 0 bridgehead atoms. The lowest BCUT2D eigenvalue weighted by atomic mass is 10.1. The van der Waals surface area contributed by atoms with E-state index in [4.69, 9.17) is 0 Å². The predicted molar refractivity (Wildman–Crippen MR) is 57.0 cm³/mol. The first kappa shape index (κ1) is 10.9. The zero-order chi connectivity index (χ0) is 9.68. The summed E-state index contributed by atoms with van der Waals surface area (Å²) in [5, 5.41) is 3.06. The van der Waals surface area contributed by atoms with Gasteiger partial charge in [0.15, 0.2) is 0 Å². The number of carbonyl (C=O) groups is 1. The van der Waals surface area contributed by atoms with Crippen LogP contribution < -0.4 is 5.32 Å². The summed E-state index contributed by atoms with van der Waals surface area (Å²) < 4.78 is 0. The van der Waals surface area contributed by atoms with Gasteiger partial charge in [0.05, 0.1) is 6.04 Å². The molecule has 1 rings (SSSR count). The Morgan fingerprint density at radius 3 is 3.08 bits per heavy atom. The fourth-order valence-corrected chi connectivity index (χ4v) is 2.03. The maximum atomic E-state index is 11.7. The Morgan fingerprint density at radius 2 is 2.46 bits per heavy atom. The molecule has 0 aromatic heterocycles. The molecule has 1 heterocycles. The quantitative estimate of drug-likeness (QED) is 0.723. The van der Waals surface area contributed by atoms with Gasteiger partial charge in [-0.25, -0.2) is 0 Å². The van der Waals surface area contributed by atoms with Crippen LogP contribution in [0.4, 0.5) is 0 Å². The summed E-state index contributed by atoms with van der Waals surface area (Å²) >= 11 is 1.79. The van der Waals surface area contributed by atoms with E-state index in [0.29, 0.717) is 0 Å². The first-order valence-corrected chi connectivity index (χ1v) is 6.14. The first-order valence-electron chi connectivity index (χ1n) is 4.74. The molecule has 0 spiro atoms. The van der Waals surface area contributed by atoms with Crippen molar-refractivity contribution in [3.8, 4) is 0 Å². The molecule has 0 radical (unpaired) electrons. The van der Waals surface area contributed by atoms with Crippen molar-refractivity contribution in [2.24, 2.45) is 0 Å². The number of carbonyl (C=O) groups excluding carboxylic acids is 1. The Morgan fingerprint density at radius 1 is 1.69 bits per heavy atom. The Balaban J connectivity index is 2.40. The highest BCUT2D eigenvalue weighted by Crippen LogP contribution is 2.11. The van der Waals surface area contributed by atoms with E-state index in [0.717, 1.165) is 31.7 Å². The number of amides is 1. The molecular weight excluding hydrogens is 184 g/mol. The van der Waals surface area contributed by atoms with Crippen LogP contribution in [-0.4, -0.2) is 49.0 Å². The summed E-state index contributed by atoms with van der Waals surface area (Å²) in [4.78, 5) is 13.7. The van der Waals surface area contributed by atoms with E-state index in [1.54, 1.807) is 11.8 Å². The number of nitrogens with zero attached hydrogens (tertiary/aromatic N) is 1. The smallest absolute Gasteiger partial charge is 0.239 e. The van der Waals surface area contributed by atoms with Crippen LogP contribution in [0.5, 0.6) is 0 Å². The molecule has 1 saturated heterocycles. The van der Waals surface area contributed by atoms with Gasteiger partial charge in [0, 0.05) is 18.8 Å². The van der Waals surface area contributed by atoms with Crippen LogP contribution >= 0.6 is 11.8 Å². The normalized spacial score (nSPS) is 23.7. The lowest BCUT2D eigenvalue weighted by molar-refractivity contribution is -0.135. The van der Waals surface area contributed by atoms with Crippen LogP contribution in [0.1, 0.15) is 12.8 Å². The molecule has 3 nitrogen and oxygen atoms in total.